The van der Waals surface area contributed by atoms with E-state index in [0.717, 1.165) is 39.6 Å². The van der Waals surface area contributed by atoms with Gasteiger partial charge in [-0.3, -0.25) is 9.98 Å². The van der Waals surface area contributed by atoms with Crippen LogP contribution in [-0.2, 0) is 19.0 Å². The Kier molecular flexibility index (Phi) is 6.45. The summed E-state index contributed by atoms with van der Waals surface area (Å²) >= 11 is 1.01. The van der Waals surface area contributed by atoms with Gasteiger partial charge in [0.2, 0.25) is 0 Å². The molecule has 0 unspecified atom stereocenters. The number of aliphatic imine (C=N–C) groups is 1. The molecule has 9 heteroatoms. The van der Waals surface area contributed by atoms with Crippen molar-refractivity contribution in [2.75, 3.05) is 20.1 Å². The predicted molar refractivity (Wildman–Crippen MR) is 106 cm³/mol. The molecule has 2 heterocycles. The molecule has 0 aliphatic heterocycles. The second-order valence-electron chi connectivity index (χ2n) is 6.04. The Labute approximate surface area is 164 Å². The molecule has 0 saturated heterocycles. The molecule has 0 radical (unpaired) electrons. The SMILES string of the molecule is CN=C(NCCc1nc(C(F)(F)F)cs1)NCCc1cccc2cccnc12. The first-order valence-electron chi connectivity index (χ1n) is 8.76. The van der Waals surface area contributed by atoms with Crippen LogP contribution < -0.4 is 10.6 Å². The minimum atomic E-state index is -4.39. The number of hydrogen-bond donors (Lipinski definition) is 2. The van der Waals surface area contributed by atoms with E-state index in [-0.39, 0.29) is 0 Å². The van der Waals surface area contributed by atoms with Gasteiger partial charge in [-0.2, -0.15) is 13.2 Å². The van der Waals surface area contributed by atoms with Crippen LogP contribution in [0.4, 0.5) is 13.2 Å². The monoisotopic (exact) mass is 407 g/mol. The largest absolute Gasteiger partial charge is 0.434 e. The van der Waals surface area contributed by atoms with Gasteiger partial charge in [-0.05, 0) is 18.1 Å². The number of thiazole rings is 1. The molecule has 5 nitrogen and oxygen atoms in total. The molecule has 3 rings (SSSR count). The van der Waals surface area contributed by atoms with Crippen LogP contribution in [0.1, 0.15) is 16.3 Å². The highest BCUT2D eigenvalue weighted by atomic mass is 32.1. The lowest BCUT2D eigenvalue weighted by Gasteiger charge is -2.12. The average Bonchev–Trinajstić information content (AvgIpc) is 3.16. The van der Waals surface area contributed by atoms with E-state index < -0.39 is 11.9 Å². The van der Waals surface area contributed by atoms with Gasteiger partial charge < -0.3 is 10.6 Å². The minimum Gasteiger partial charge on any atom is -0.356 e. The molecule has 0 bridgehead atoms. The zero-order chi connectivity index (χ0) is 20.0. The fraction of sp³-hybridized carbons (Fsp3) is 0.316. The summed E-state index contributed by atoms with van der Waals surface area (Å²) in [6.07, 6.45) is -1.44. The summed E-state index contributed by atoms with van der Waals surface area (Å²) in [5.74, 6) is 0.598. The van der Waals surface area contributed by atoms with Crippen molar-refractivity contribution < 1.29 is 13.2 Å². The lowest BCUT2D eigenvalue weighted by Crippen LogP contribution is -2.39. The summed E-state index contributed by atoms with van der Waals surface area (Å²) in [4.78, 5) is 12.2. The predicted octanol–water partition coefficient (Wildman–Crippen LogP) is 3.66. The van der Waals surface area contributed by atoms with Crippen molar-refractivity contribution in [1.82, 2.24) is 20.6 Å². The lowest BCUT2D eigenvalue weighted by molar-refractivity contribution is -0.140. The Hall–Kier alpha value is -2.68. The van der Waals surface area contributed by atoms with Crippen LogP contribution in [0.2, 0.25) is 0 Å². The van der Waals surface area contributed by atoms with Gasteiger partial charge in [-0.15, -0.1) is 11.3 Å². The van der Waals surface area contributed by atoms with Crippen LogP contribution in [0.5, 0.6) is 0 Å². The van der Waals surface area contributed by atoms with E-state index in [0.29, 0.717) is 30.5 Å². The molecule has 0 saturated carbocycles. The quantitative estimate of drug-likeness (QED) is 0.484. The van der Waals surface area contributed by atoms with E-state index in [1.165, 1.54) is 0 Å². The van der Waals surface area contributed by atoms with Crippen LogP contribution >= 0.6 is 11.3 Å². The Balaban J connectivity index is 1.46. The van der Waals surface area contributed by atoms with Crippen molar-refractivity contribution in [2.45, 2.75) is 19.0 Å². The van der Waals surface area contributed by atoms with Crippen molar-refractivity contribution >= 4 is 28.2 Å². The number of pyridine rings is 1. The molecule has 1 aromatic carbocycles. The van der Waals surface area contributed by atoms with Crippen LogP contribution in [-0.4, -0.2) is 36.1 Å². The first-order chi connectivity index (χ1) is 13.5. The number of nitrogens with one attached hydrogen (secondary N) is 2. The summed E-state index contributed by atoms with van der Waals surface area (Å²) in [6, 6.07) is 10.0. The maximum atomic E-state index is 12.6. The number of aromatic nitrogens is 2. The number of benzene rings is 1. The van der Waals surface area contributed by atoms with Gasteiger partial charge in [-0.25, -0.2) is 4.98 Å². The van der Waals surface area contributed by atoms with E-state index in [9.17, 15) is 13.2 Å². The molecule has 0 fully saturated rings. The van der Waals surface area contributed by atoms with Crippen molar-refractivity contribution in [3.05, 3.63) is 58.2 Å². The van der Waals surface area contributed by atoms with Crippen molar-refractivity contribution in [2.24, 2.45) is 4.99 Å². The fourth-order valence-corrected chi connectivity index (χ4v) is 3.55. The summed E-state index contributed by atoms with van der Waals surface area (Å²) in [5.41, 5.74) is 1.29. The van der Waals surface area contributed by atoms with Gasteiger partial charge in [0.1, 0.15) is 0 Å². The number of alkyl halides is 3. The summed E-state index contributed by atoms with van der Waals surface area (Å²) < 4.78 is 37.7. The number of hydrogen-bond acceptors (Lipinski definition) is 4. The smallest absolute Gasteiger partial charge is 0.356 e. The Morgan fingerprint density at radius 1 is 1.11 bits per heavy atom. The third-order valence-electron chi connectivity index (χ3n) is 4.10. The van der Waals surface area contributed by atoms with Crippen LogP contribution in [0, 0.1) is 0 Å². The Morgan fingerprint density at radius 3 is 2.57 bits per heavy atom. The number of para-hydroxylation sites is 1. The number of halogens is 3. The van der Waals surface area contributed by atoms with Gasteiger partial charge in [0, 0.05) is 43.5 Å². The molecule has 2 aromatic heterocycles. The van der Waals surface area contributed by atoms with Gasteiger partial charge in [0.05, 0.1) is 10.5 Å². The Bertz CT molecular complexity index is 947. The number of fused-ring (bicyclic) bond motifs is 1. The second kappa shape index (κ2) is 9.01. The third-order valence-corrected chi connectivity index (χ3v) is 5.01. The molecule has 148 valence electrons. The normalized spacial score (nSPS) is 12.4. The van der Waals surface area contributed by atoms with Gasteiger partial charge >= 0.3 is 6.18 Å². The summed E-state index contributed by atoms with van der Waals surface area (Å²) in [5, 5.41) is 8.90. The number of guanidine groups is 1. The van der Waals surface area contributed by atoms with Crippen LogP contribution in [0.3, 0.4) is 0 Å². The maximum Gasteiger partial charge on any atom is 0.434 e. The van der Waals surface area contributed by atoms with Gasteiger partial charge in [0.25, 0.3) is 0 Å². The first-order valence-corrected chi connectivity index (χ1v) is 9.64. The zero-order valence-electron chi connectivity index (χ0n) is 15.3. The highest BCUT2D eigenvalue weighted by Gasteiger charge is 2.33. The second-order valence-corrected chi connectivity index (χ2v) is 6.98. The molecule has 0 atom stereocenters. The summed E-state index contributed by atoms with van der Waals surface area (Å²) in [6.45, 7) is 1.10. The number of nitrogens with zero attached hydrogens (tertiary/aromatic N) is 3. The molecular weight excluding hydrogens is 387 g/mol. The minimum absolute atomic E-state index is 0.398. The topological polar surface area (TPSA) is 62.2 Å². The lowest BCUT2D eigenvalue weighted by atomic mass is 10.1. The molecule has 0 aliphatic rings. The maximum absolute atomic E-state index is 12.6. The zero-order valence-corrected chi connectivity index (χ0v) is 16.1. The van der Waals surface area contributed by atoms with Gasteiger partial charge in [-0.1, -0.05) is 24.3 Å². The van der Waals surface area contributed by atoms with E-state index in [1.54, 1.807) is 13.2 Å². The number of rotatable bonds is 6. The van der Waals surface area contributed by atoms with Crippen molar-refractivity contribution in [3.63, 3.8) is 0 Å². The highest BCUT2D eigenvalue weighted by Crippen LogP contribution is 2.30. The van der Waals surface area contributed by atoms with Crippen LogP contribution in [0.25, 0.3) is 10.9 Å². The van der Waals surface area contributed by atoms with Crippen molar-refractivity contribution in [3.8, 4) is 0 Å². The molecule has 28 heavy (non-hydrogen) atoms. The van der Waals surface area contributed by atoms with E-state index in [2.05, 4.69) is 25.6 Å². The van der Waals surface area contributed by atoms with Crippen LogP contribution in [0.15, 0.2) is 46.9 Å². The average molecular weight is 407 g/mol. The fourth-order valence-electron chi connectivity index (χ4n) is 2.75. The molecule has 2 N–H and O–H groups in total. The van der Waals surface area contributed by atoms with E-state index in [4.69, 9.17) is 0 Å². The van der Waals surface area contributed by atoms with E-state index in [1.807, 2.05) is 30.3 Å². The molecular formula is C19H20F3N5S. The third kappa shape index (κ3) is 5.19. The summed E-state index contributed by atoms with van der Waals surface area (Å²) in [7, 11) is 1.65. The van der Waals surface area contributed by atoms with Crippen molar-refractivity contribution in [1.29, 1.82) is 0 Å². The highest BCUT2D eigenvalue weighted by molar-refractivity contribution is 7.09. The molecule has 0 aliphatic carbocycles. The Morgan fingerprint density at radius 2 is 1.86 bits per heavy atom. The van der Waals surface area contributed by atoms with Gasteiger partial charge in [0.15, 0.2) is 11.7 Å². The molecule has 3 aromatic rings. The molecule has 0 amide bonds. The van der Waals surface area contributed by atoms with E-state index >= 15 is 0 Å². The molecule has 0 spiro atoms. The first kappa shape index (κ1) is 20.1. The standard InChI is InChI=1S/C19H20F3N5S/c1-23-18(26-11-8-16-27-15(12-28-16)19(20,21)22)25-10-7-14-5-2-4-13-6-3-9-24-17(13)14/h2-6,9,12H,7-8,10-11H2,1H3,(H2,23,25,26).